The Bertz CT molecular complexity index is 478. The Balaban J connectivity index is 1.59. The van der Waals surface area contributed by atoms with E-state index < -0.39 is 0 Å². The van der Waals surface area contributed by atoms with Crippen LogP contribution in [0.2, 0.25) is 0 Å². The van der Waals surface area contributed by atoms with Crippen molar-refractivity contribution in [3.05, 3.63) is 17.5 Å². The van der Waals surface area contributed by atoms with Crippen LogP contribution >= 0.6 is 0 Å². The molecule has 0 aliphatic carbocycles. The Kier molecular flexibility index (Phi) is 3.76. The Morgan fingerprint density at radius 1 is 1.35 bits per heavy atom. The number of piperidine rings is 1. The lowest BCUT2D eigenvalue weighted by Crippen LogP contribution is -2.46. The Morgan fingerprint density at radius 2 is 2.10 bits per heavy atom. The maximum absolute atomic E-state index is 12.4. The summed E-state index contributed by atoms with van der Waals surface area (Å²) in [6.07, 6.45) is 4.85. The number of hydrogen-bond donors (Lipinski definition) is 2. The number of aromatic nitrogens is 2. The van der Waals surface area contributed by atoms with Crippen LogP contribution in [0.4, 0.5) is 0 Å². The lowest BCUT2D eigenvalue weighted by Gasteiger charge is -2.34. The van der Waals surface area contributed by atoms with Crippen molar-refractivity contribution < 1.29 is 4.79 Å². The van der Waals surface area contributed by atoms with E-state index in [0.29, 0.717) is 17.6 Å². The second kappa shape index (κ2) is 5.54. The molecule has 6 nitrogen and oxygen atoms in total. The lowest BCUT2D eigenvalue weighted by molar-refractivity contribution is 0.0769. The third-order valence-electron chi connectivity index (χ3n) is 4.60. The van der Waals surface area contributed by atoms with Crippen LogP contribution in [0.5, 0.6) is 0 Å². The minimum atomic E-state index is 0.104. The van der Waals surface area contributed by atoms with E-state index in [-0.39, 0.29) is 5.91 Å². The lowest BCUT2D eigenvalue weighted by atomic mass is 10.0. The number of H-pyrrole nitrogens is 1. The summed E-state index contributed by atoms with van der Waals surface area (Å²) in [6, 6.07) is 0.859. The molecule has 0 spiro atoms. The number of hydrogen-bond acceptors (Lipinski definition) is 4. The quantitative estimate of drug-likeness (QED) is 0.818. The molecule has 0 radical (unpaired) electrons. The summed E-state index contributed by atoms with van der Waals surface area (Å²) >= 11 is 0. The van der Waals surface area contributed by atoms with Gasteiger partial charge in [0.05, 0.1) is 11.8 Å². The van der Waals surface area contributed by atoms with Crippen LogP contribution in [0.15, 0.2) is 6.20 Å². The van der Waals surface area contributed by atoms with Crippen LogP contribution in [0.3, 0.4) is 0 Å². The number of carbonyl (C=O) groups is 1. The zero-order chi connectivity index (χ0) is 14.1. The minimum Gasteiger partial charge on any atom is -0.337 e. The molecule has 2 saturated heterocycles. The summed E-state index contributed by atoms with van der Waals surface area (Å²) in [4.78, 5) is 16.9. The highest BCUT2D eigenvalue weighted by atomic mass is 16.2. The maximum Gasteiger partial charge on any atom is 0.257 e. The van der Waals surface area contributed by atoms with E-state index in [9.17, 15) is 4.79 Å². The van der Waals surface area contributed by atoms with Gasteiger partial charge in [-0.2, -0.15) is 5.10 Å². The first-order valence-corrected chi connectivity index (χ1v) is 7.44. The average Bonchev–Trinajstić information content (AvgIpc) is 3.08. The first-order chi connectivity index (χ1) is 9.65. The molecule has 3 rings (SSSR count). The first-order valence-electron chi connectivity index (χ1n) is 7.44. The van der Waals surface area contributed by atoms with Gasteiger partial charge in [0, 0.05) is 30.9 Å². The maximum atomic E-state index is 12.4. The van der Waals surface area contributed by atoms with Gasteiger partial charge in [0.25, 0.3) is 5.91 Å². The summed E-state index contributed by atoms with van der Waals surface area (Å²) in [7, 11) is 0. The molecule has 3 N–H and O–H groups in total. The van der Waals surface area contributed by atoms with Crippen LogP contribution < -0.4 is 5.73 Å². The molecule has 1 atom stereocenters. The number of nitrogens with two attached hydrogens (primary N) is 1. The highest BCUT2D eigenvalue weighted by Crippen LogP contribution is 2.21. The van der Waals surface area contributed by atoms with Gasteiger partial charge in [0.1, 0.15) is 0 Å². The molecule has 3 heterocycles. The predicted molar refractivity (Wildman–Crippen MR) is 76.4 cm³/mol. The topological polar surface area (TPSA) is 78.2 Å². The molecule has 0 bridgehead atoms. The molecule has 2 fully saturated rings. The normalized spacial score (nSPS) is 25.3. The van der Waals surface area contributed by atoms with Gasteiger partial charge in [0.15, 0.2) is 0 Å². The van der Waals surface area contributed by atoms with Gasteiger partial charge in [-0.3, -0.25) is 14.8 Å². The van der Waals surface area contributed by atoms with Crippen molar-refractivity contribution in [3.8, 4) is 0 Å². The van der Waals surface area contributed by atoms with Crippen LogP contribution in [0.25, 0.3) is 0 Å². The molecular weight excluding hydrogens is 254 g/mol. The molecule has 2 aliphatic rings. The van der Waals surface area contributed by atoms with E-state index >= 15 is 0 Å². The number of amides is 1. The molecule has 1 aromatic rings. The summed E-state index contributed by atoms with van der Waals surface area (Å²) in [5.41, 5.74) is 7.50. The molecule has 20 heavy (non-hydrogen) atoms. The van der Waals surface area contributed by atoms with Gasteiger partial charge in [-0.1, -0.05) is 0 Å². The smallest absolute Gasteiger partial charge is 0.257 e. The number of rotatable bonds is 2. The molecule has 6 heteroatoms. The highest BCUT2D eigenvalue weighted by Gasteiger charge is 2.32. The standard InChI is InChI=1S/C14H23N5O/c1-10-13(8-16-17-10)14(20)19-7-4-12(9-19)18-5-2-11(15)3-6-18/h8,11-12H,2-7,9,15H2,1H3,(H,16,17). The van der Waals surface area contributed by atoms with Crippen LogP contribution in [-0.2, 0) is 0 Å². The molecule has 0 saturated carbocycles. The average molecular weight is 277 g/mol. The summed E-state index contributed by atoms with van der Waals surface area (Å²) in [5.74, 6) is 0.104. The first kappa shape index (κ1) is 13.6. The largest absolute Gasteiger partial charge is 0.337 e. The van der Waals surface area contributed by atoms with Crippen molar-refractivity contribution in [1.29, 1.82) is 0 Å². The molecule has 2 aliphatic heterocycles. The third-order valence-corrected chi connectivity index (χ3v) is 4.60. The number of aromatic amines is 1. The van der Waals surface area contributed by atoms with Gasteiger partial charge in [-0.05, 0) is 39.3 Å². The Labute approximate surface area is 119 Å². The monoisotopic (exact) mass is 277 g/mol. The van der Waals surface area contributed by atoms with Gasteiger partial charge in [-0.15, -0.1) is 0 Å². The van der Waals surface area contributed by atoms with Gasteiger partial charge in [0.2, 0.25) is 0 Å². The fraction of sp³-hybridized carbons (Fsp3) is 0.714. The zero-order valence-corrected chi connectivity index (χ0v) is 12.0. The highest BCUT2D eigenvalue weighted by molar-refractivity contribution is 5.95. The van der Waals surface area contributed by atoms with E-state index in [2.05, 4.69) is 15.1 Å². The van der Waals surface area contributed by atoms with Crippen molar-refractivity contribution in [1.82, 2.24) is 20.0 Å². The summed E-state index contributed by atoms with van der Waals surface area (Å²) in [6.45, 7) is 5.70. The fourth-order valence-corrected chi connectivity index (χ4v) is 3.25. The van der Waals surface area contributed by atoms with Gasteiger partial charge in [-0.25, -0.2) is 0 Å². The second-order valence-electron chi connectivity index (χ2n) is 5.98. The van der Waals surface area contributed by atoms with Gasteiger partial charge >= 0.3 is 0 Å². The molecule has 1 aromatic heterocycles. The number of nitrogens with zero attached hydrogens (tertiary/aromatic N) is 3. The van der Waals surface area contributed by atoms with Crippen molar-refractivity contribution in [2.24, 2.45) is 5.73 Å². The van der Waals surface area contributed by atoms with E-state index in [4.69, 9.17) is 5.73 Å². The third kappa shape index (κ3) is 2.58. The van der Waals surface area contributed by atoms with Crippen molar-refractivity contribution in [3.63, 3.8) is 0 Å². The van der Waals surface area contributed by atoms with Crippen molar-refractivity contribution >= 4 is 5.91 Å². The van der Waals surface area contributed by atoms with E-state index in [0.717, 1.165) is 51.1 Å². The molecular formula is C14H23N5O. The van der Waals surface area contributed by atoms with Gasteiger partial charge < -0.3 is 10.6 Å². The molecule has 1 unspecified atom stereocenters. The molecule has 0 aromatic carbocycles. The Hall–Kier alpha value is -1.40. The SMILES string of the molecule is Cc1[nH]ncc1C(=O)N1CCC(N2CCC(N)CC2)C1. The number of aryl methyl sites for hydroxylation is 1. The molecule has 110 valence electrons. The fourth-order valence-electron chi connectivity index (χ4n) is 3.25. The van der Waals surface area contributed by atoms with Crippen LogP contribution in [0.1, 0.15) is 35.3 Å². The summed E-state index contributed by atoms with van der Waals surface area (Å²) in [5, 5.41) is 6.77. The van der Waals surface area contributed by atoms with Crippen LogP contribution in [0, 0.1) is 6.92 Å². The molecule has 1 amide bonds. The predicted octanol–water partition coefficient (Wildman–Crippen LogP) is 0.356. The number of likely N-dealkylation sites (tertiary alicyclic amines) is 2. The Morgan fingerprint density at radius 3 is 2.75 bits per heavy atom. The second-order valence-corrected chi connectivity index (χ2v) is 5.98. The van der Waals surface area contributed by atoms with Crippen molar-refractivity contribution in [2.45, 2.75) is 38.3 Å². The van der Waals surface area contributed by atoms with E-state index in [1.165, 1.54) is 0 Å². The van der Waals surface area contributed by atoms with E-state index in [1.54, 1.807) is 6.20 Å². The number of nitrogens with one attached hydrogen (secondary N) is 1. The van der Waals surface area contributed by atoms with Crippen molar-refractivity contribution in [2.75, 3.05) is 26.2 Å². The summed E-state index contributed by atoms with van der Waals surface area (Å²) < 4.78 is 0. The number of carbonyl (C=O) groups excluding carboxylic acids is 1. The minimum absolute atomic E-state index is 0.104. The zero-order valence-electron chi connectivity index (χ0n) is 12.0. The van der Waals surface area contributed by atoms with E-state index in [1.807, 2.05) is 11.8 Å². The van der Waals surface area contributed by atoms with Crippen LogP contribution in [-0.4, -0.2) is 64.2 Å².